The molecular formula is C22H28F2N4O3. The summed E-state index contributed by atoms with van der Waals surface area (Å²) in [5, 5.41) is 6.69. The van der Waals surface area contributed by atoms with Crippen LogP contribution in [-0.2, 0) is 6.54 Å². The summed E-state index contributed by atoms with van der Waals surface area (Å²) in [4.78, 5) is 6.33. The number of para-hydroxylation sites is 2. The number of alkyl halides is 2. The summed E-state index contributed by atoms with van der Waals surface area (Å²) >= 11 is 0. The lowest BCUT2D eigenvalue weighted by molar-refractivity contribution is -0.0495. The minimum atomic E-state index is -2.85. The van der Waals surface area contributed by atoms with E-state index in [0.717, 1.165) is 30.0 Å². The summed E-state index contributed by atoms with van der Waals surface area (Å²) in [7, 11) is 4.94. The number of nitrogens with zero attached hydrogens (tertiary/aromatic N) is 2. The Kier molecular flexibility index (Phi) is 7.75. The molecule has 9 heteroatoms. The largest absolute Gasteiger partial charge is 0.497 e. The average Bonchev–Trinajstić information content (AvgIpc) is 3.24. The van der Waals surface area contributed by atoms with Gasteiger partial charge in [0.2, 0.25) is 0 Å². The summed E-state index contributed by atoms with van der Waals surface area (Å²) < 4.78 is 40.8. The fourth-order valence-electron chi connectivity index (χ4n) is 3.58. The molecule has 0 aliphatic carbocycles. The van der Waals surface area contributed by atoms with Crippen molar-refractivity contribution in [2.75, 3.05) is 39.3 Å². The van der Waals surface area contributed by atoms with Gasteiger partial charge < -0.3 is 29.7 Å². The lowest BCUT2D eigenvalue weighted by atomic mass is 10.2. The first kappa shape index (κ1) is 22.5. The topological polar surface area (TPSA) is 67.4 Å². The lowest BCUT2D eigenvalue weighted by Gasteiger charge is -2.22. The van der Waals surface area contributed by atoms with Gasteiger partial charge in [-0.1, -0.05) is 12.1 Å². The van der Waals surface area contributed by atoms with E-state index in [2.05, 4.69) is 20.4 Å². The van der Waals surface area contributed by atoms with Gasteiger partial charge in [-0.2, -0.15) is 8.78 Å². The van der Waals surface area contributed by atoms with Crippen LogP contribution >= 0.6 is 0 Å². The van der Waals surface area contributed by atoms with Crippen LogP contribution in [0.15, 0.2) is 47.5 Å². The molecule has 1 fully saturated rings. The molecule has 2 aromatic carbocycles. The van der Waals surface area contributed by atoms with Crippen molar-refractivity contribution in [3.05, 3.63) is 48.0 Å². The third-order valence-corrected chi connectivity index (χ3v) is 5.12. The fraction of sp³-hybridized carbons (Fsp3) is 0.409. The van der Waals surface area contributed by atoms with Crippen LogP contribution in [0, 0.1) is 0 Å². The van der Waals surface area contributed by atoms with E-state index in [1.165, 1.54) is 0 Å². The Morgan fingerprint density at radius 1 is 1.16 bits per heavy atom. The van der Waals surface area contributed by atoms with Gasteiger partial charge in [0.1, 0.15) is 17.2 Å². The number of benzene rings is 2. The maximum absolute atomic E-state index is 12.7. The zero-order chi connectivity index (χ0) is 22.2. The molecule has 7 nitrogen and oxygen atoms in total. The van der Waals surface area contributed by atoms with Crippen LogP contribution in [0.4, 0.5) is 14.5 Å². The first-order valence-electron chi connectivity index (χ1n) is 10.0. The number of hydrogen-bond donors (Lipinski definition) is 2. The van der Waals surface area contributed by atoms with E-state index < -0.39 is 6.61 Å². The van der Waals surface area contributed by atoms with Crippen molar-refractivity contribution >= 4 is 11.6 Å². The smallest absolute Gasteiger partial charge is 0.387 e. The molecule has 31 heavy (non-hydrogen) atoms. The molecule has 1 aliphatic heterocycles. The maximum atomic E-state index is 12.7. The van der Waals surface area contributed by atoms with Gasteiger partial charge in [-0.05, 0) is 30.7 Å². The minimum absolute atomic E-state index is 0.114. The predicted molar refractivity (Wildman–Crippen MR) is 117 cm³/mol. The molecule has 3 rings (SSSR count). The molecule has 168 valence electrons. The van der Waals surface area contributed by atoms with E-state index in [1.807, 2.05) is 29.2 Å². The molecule has 0 saturated carbocycles. The molecule has 0 amide bonds. The van der Waals surface area contributed by atoms with Crippen molar-refractivity contribution < 1.29 is 23.0 Å². The Morgan fingerprint density at radius 2 is 1.97 bits per heavy atom. The first-order chi connectivity index (χ1) is 15.0. The minimum Gasteiger partial charge on any atom is -0.497 e. The third-order valence-electron chi connectivity index (χ3n) is 5.12. The van der Waals surface area contributed by atoms with Crippen molar-refractivity contribution in [2.24, 2.45) is 4.99 Å². The van der Waals surface area contributed by atoms with Crippen molar-refractivity contribution in [3.8, 4) is 17.2 Å². The van der Waals surface area contributed by atoms with Crippen molar-refractivity contribution in [3.63, 3.8) is 0 Å². The second-order valence-corrected chi connectivity index (χ2v) is 7.03. The van der Waals surface area contributed by atoms with Crippen molar-refractivity contribution in [1.29, 1.82) is 0 Å². The predicted octanol–water partition coefficient (Wildman–Crippen LogP) is 3.25. The average molecular weight is 434 g/mol. The lowest BCUT2D eigenvalue weighted by Crippen LogP contribution is -2.44. The highest BCUT2D eigenvalue weighted by Gasteiger charge is 2.26. The van der Waals surface area contributed by atoms with E-state index in [4.69, 9.17) is 9.47 Å². The Morgan fingerprint density at radius 3 is 2.68 bits per heavy atom. The van der Waals surface area contributed by atoms with E-state index in [9.17, 15) is 8.78 Å². The SMILES string of the molecule is CN=C(NCc1ccc(OC)cc1OC)NC1CCN(c2ccccc2OC(F)F)C1. The standard InChI is InChI=1S/C22H28F2N4O3/c1-25-22(26-13-15-8-9-17(29-2)12-20(15)30-3)27-16-10-11-28(14-16)18-6-4-5-7-19(18)31-21(23)24/h4-9,12,16,21H,10-11,13-14H2,1-3H3,(H2,25,26,27). The molecule has 0 aromatic heterocycles. The zero-order valence-corrected chi connectivity index (χ0v) is 17.9. The van der Waals surface area contributed by atoms with E-state index in [-0.39, 0.29) is 11.8 Å². The molecule has 0 spiro atoms. The Balaban J connectivity index is 1.58. The molecule has 1 aliphatic rings. The molecule has 0 bridgehead atoms. The summed E-state index contributed by atoms with van der Waals surface area (Å²) in [5.41, 5.74) is 1.63. The van der Waals surface area contributed by atoms with Gasteiger partial charge in [0.25, 0.3) is 0 Å². The van der Waals surface area contributed by atoms with Crippen molar-refractivity contribution in [2.45, 2.75) is 25.6 Å². The number of anilines is 1. The normalized spacial score (nSPS) is 16.4. The molecule has 1 atom stereocenters. The molecule has 1 saturated heterocycles. The summed E-state index contributed by atoms with van der Waals surface area (Å²) in [6.45, 7) is -0.953. The number of rotatable bonds is 8. The van der Waals surface area contributed by atoms with Gasteiger partial charge >= 0.3 is 6.61 Å². The number of halogens is 2. The molecule has 2 aromatic rings. The van der Waals surface area contributed by atoms with E-state index in [1.54, 1.807) is 39.5 Å². The van der Waals surface area contributed by atoms with Gasteiger partial charge in [0, 0.05) is 44.4 Å². The van der Waals surface area contributed by atoms with Crippen LogP contribution in [-0.4, -0.2) is 53.0 Å². The number of nitrogens with one attached hydrogen (secondary N) is 2. The highest BCUT2D eigenvalue weighted by molar-refractivity contribution is 5.80. The Hall–Kier alpha value is -3.23. The molecule has 2 N–H and O–H groups in total. The number of methoxy groups -OCH3 is 2. The quantitative estimate of drug-likeness (QED) is 0.491. The number of aliphatic imine (C=N–C) groups is 1. The van der Waals surface area contributed by atoms with Gasteiger partial charge in [0.15, 0.2) is 5.96 Å². The monoisotopic (exact) mass is 434 g/mol. The zero-order valence-electron chi connectivity index (χ0n) is 17.9. The Bertz CT molecular complexity index is 895. The number of guanidine groups is 1. The highest BCUT2D eigenvalue weighted by Crippen LogP contribution is 2.31. The van der Waals surface area contributed by atoms with Gasteiger partial charge in [-0.15, -0.1) is 0 Å². The van der Waals surface area contributed by atoms with Crippen LogP contribution in [0.3, 0.4) is 0 Å². The van der Waals surface area contributed by atoms with Gasteiger partial charge in [0.05, 0.1) is 19.9 Å². The molecular weight excluding hydrogens is 406 g/mol. The molecule has 1 heterocycles. The second-order valence-electron chi connectivity index (χ2n) is 7.03. The number of hydrogen-bond acceptors (Lipinski definition) is 5. The Labute approximate surface area is 181 Å². The van der Waals surface area contributed by atoms with Crippen molar-refractivity contribution in [1.82, 2.24) is 10.6 Å². The van der Waals surface area contributed by atoms with Crippen LogP contribution < -0.4 is 29.7 Å². The first-order valence-corrected chi connectivity index (χ1v) is 10.0. The van der Waals surface area contributed by atoms with Crippen LogP contribution in [0.1, 0.15) is 12.0 Å². The summed E-state index contributed by atoms with van der Waals surface area (Å²) in [6, 6.07) is 12.6. The third kappa shape index (κ3) is 5.90. The van der Waals surface area contributed by atoms with E-state index in [0.29, 0.717) is 24.7 Å². The molecule has 1 unspecified atom stereocenters. The van der Waals surface area contributed by atoms with Gasteiger partial charge in [-0.3, -0.25) is 4.99 Å². The molecule has 0 radical (unpaired) electrons. The summed E-state index contributed by atoms with van der Waals surface area (Å²) in [6.07, 6.45) is 0.843. The fourth-order valence-corrected chi connectivity index (χ4v) is 3.58. The van der Waals surface area contributed by atoms with Crippen LogP contribution in [0.2, 0.25) is 0 Å². The summed E-state index contributed by atoms with van der Waals surface area (Å²) in [5.74, 6) is 2.30. The van der Waals surface area contributed by atoms with Gasteiger partial charge in [-0.25, -0.2) is 0 Å². The maximum Gasteiger partial charge on any atom is 0.387 e. The highest BCUT2D eigenvalue weighted by atomic mass is 19.3. The second kappa shape index (κ2) is 10.7. The van der Waals surface area contributed by atoms with Crippen LogP contribution in [0.5, 0.6) is 17.2 Å². The van der Waals surface area contributed by atoms with E-state index >= 15 is 0 Å². The number of ether oxygens (including phenoxy) is 3. The van der Waals surface area contributed by atoms with Crippen LogP contribution in [0.25, 0.3) is 0 Å².